The van der Waals surface area contributed by atoms with Gasteiger partial charge in [-0.1, -0.05) is 35.9 Å². The minimum absolute atomic E-state index is 0.149. The van der Waals surface area contributed by atoms with Crippen LogP contribution in [-0.2, 0) is 11.2 Å². The van der Waals surface area contributed by atoms with Crippen molar-refractivity contribution in [1.29, 1.82) is 0 Å². The predicted octanol–water partition coefficient (Wildman–Crippen LogP) is 4.47. The first-order valence-electron chi connectivity index (χ1n) is 8.89. The number of aromatic nitrogens is 1. The Morgan fingerprint density at radius 2 is 2.12 bits per heavy atom. The summed E-state index contributed by atoms with van der Waals surface area (Å²) in [7, 11) is 0. The van der Waals surface area contributed by atoms with Gasteiger partial charge in [-0.3, -0.25) is 4.79 Å². The zero-order valence-electron chi connectivity index (χ0n) is 14.8. The van der Waals surface area contributed by atoms with Gasteiger partial charge in [0.2, 0.25) is 5.91 Å². The summed E-state index contributed by atoms with van der Waals surface area (Å²) in [6.07, 6.45) is 5.23. The van der Waals surface area contributed by atoms with E-state index in [2.05, 4.69) is 17.1 Å². The molecule has 26 heavy (non-hydrogen) atoms. The maximum Gasteiger partial charge on any atom is 0.227 e. The third kappa shape index (κ3) is 3.27. The van der Waals surface area contributed by atoms with Gasteiger partial charge in [-0.15, -0.1) is 0 Å². The van der Waals surface area contributed by atoms with Gasteiger partial charge in [0, 0.05) is 35.8 Å². The second-order valence-electron chi connectivity index (χ2n) is 6.88. The lowest BCUT2D eigenvalue weighted by Crippen LogP contribution is -2.35. The molecule has 1 amide bonds. The van der Waals surface area contributed by atoms with E-state index in [1.54, 1.807) is 12.1 Å². The van der Waals surface area contributed by atoms with Crippen LogP contribution in [0, 0.1) is 12.7 Å². The molecule has 2 heterocycles. The number of hydrogen-bond acceptors (Lipinski definition) is 1. The molecule has 4 rings (SSSR count). The van der Waals surface area contributed by atoms with E-state index < -0.39 is 0 Å². The van der Waals surface area contributed by atoms with E-state index in [4.69, 9.17) is 0 Å². The smallest absolute Gasteiger partial charge is 0.227 e. The number of carbonyl (C=O) groups is 1. The van der Waals surface area contributed by atoms with E-state index in [0.717, 1.165) is 28.5 Å². The third-order valence-corrected chi connectivity index (χ3v) is 4.99. The molecule has 4 heteroatoms. The van der Waals surface area contributed by atoms with Gasteiger partial charge in [0.15, 0.2) is 0 Å². The fraction of sp³-hybridized carbons (Fsp3) is 0.227. The first-order valence-corrected chi connectivity index (χ1v) is 8.89. The van der Waals surface area contributed by atoms with Gasteiger partial charge in [0.1, 0.15) is 5.82 Å². The summed E-state index contributed by atoms with van der Waals surface area (Å²) in [6.45, 7) is 3.33. The van der Waals surface area contributed by atoms with Gasteiger partial charge >= 0.3 is 0 Å². The minimum atomic E-state index is -0.232. The number of fused-ring (bicyclic) bond motifs is 1. The number of nitrogens with one attached hydrogen (secondary N) is 1. The molecule has 1 aliphatic heterocycles. The number of carbonyl (C=O) groups excluding carboxylic acids is 1. The molecule has 0 saturated carbocycles. The Hall–Kier alpha value is -2.88. The van der Waals surface area contributed by atoms with Crippen LogP contribution < -0.4 is 0 Å². The van der Waals surface area contributed by atoms with Crippen LogP contribution in [0.5, 0.6) is 0 Å². The van der Waals surface area contributed by atoms with Crippen LogP contribution in [0.15, 0.2) is 54.7 Å². The fourth-order valence-corrected chi connectivity index (χ4v) is 3.61. The highest BCUT2D eigenvalue weighted by Crippen LogP contribution is 2.29. The molecular weight excluding hydrogens is 327 g/mol. The minimum Gasteiger partial charge on any atom is -0.361 e. The van der Waals surface area contributed by atoms with Crippen LogP contribution in [0.1, 0.15) is 23.1 Å². The van der Waals surface area contributed by atoms with E-state index in [0.29, 0.717) is 19.5 Å². The second-order valence-corrected chi connectivity index (χ2v) is 6.88. The van der Waals surface area contributed by atoms with Crippen LogP contribution >= 0.6 is 0 Å². The molecule has 2 aromatic carbocycles. The summed E-state index contributed by atoms with van der Waals surface area (Å²) in [5.41, 5.74) is 5.35. The molecule has 0 saturated heterocycles. The Balaban J connectivity index is 1.49. The summed E-state index contributed by atoms with van der Waals surface area (Å²) >= 11 is 0. The molecule has 0 atom stereocenters. The molecule has 0 fully saturated rings. The Bertz CT molecular complexity index is 1000. The molecule has 0 radical (unpaired) electrons. The number of benzene rings is 2. The molecule has 0 spiro atoms. The molecule has 1 N–H and O–H groups in total. The summed E-state index contributed by atoms with van der Waals surface area (Å²) in [5.74, 6) is -0.0828. The van der Waals surface area contributed by atoms with Crippen LogP contribution in [0.4, 0.5) is 4.39 Å². The van der Waals surface area contributed by atoms with Crippen LogP contribution in [-0.4, -0.2) is 28.9 Å². The SMILES string of the molecule is Cc1cccc(CC(=O)N2CC=C(c3c[nH]c4ccc(F)cc34)CC2)c1. The predicted molar refractivity (Wildman–Crippen MR) is 102 cm³/mol. The van der Waals surface area contributed by atoms with Gasteiger partial charge in [0.25, 0.3) is 0 Å². The Kier molecular flexibility index (Phi) is 4.33. The summed E-state index contributed by atoms with van der Waals surface area (Å²) in [4.78, 5) is 17.7. The van der Waals surface area contributed by atoms with Crippen molar-refractivity contribution in [3.05, 3.63) is 77.2 Å². The normalized spacial score (nSPS) is 14.5. The highest BCUT2D eigenvalue weighted by Gasteiger charge is 2.19. The molecule has 1 aliphatic rings. The first kappa shape index (κ1) is 16.6. The van der Waals surface area contributed by atoms with Crippen molar-refractivity contribution in [2.24, 2.45) is 0 Å². The topological polar surface area (TPSA) is 36.1 Å². The first-order chi connectivity index (χ1) is 12.6. The molecular formula is C22H21FN2O. The molecule has 132 valence electrons. The molecule has 0 bridgehead atoms. The number of aromatic amines is 1. The maximum atomic E-state index is 13.6. The number of H-pyrrole nitrogens is 1. The van der Waals surface area contributed by atoms with E-state index in [1.807, 2.05) is 36.2 Å². The monoisotopic (exact) mass is 348 g/mol. The van der Waals surface area contributed by atoms with Crippen LogP contribution in [0.2, 0.25) is 0 Å². The number of amides is 1. The lowest BCUT2D eigenvalue weighted by atomic mass is 9.98. The fourth-order valence-electron chi connectivity index (χ4n) is 3.61. The second kappa shape index (κ2) is 6.79. The largest absolute Gasteiger partial charge is 0.361 e. The lowest BCUT2D eigenvalue weighted by molar-refractivity contribution is -0.130. The zero-order chi connectivity index (χ0) is 18.1. The van der Waals surface area contributed by atoms with Crippen molar-refractivity contribution < 1.29 is 9.18 Å². The van der Waals surface area contributed by atoms with Crippen molar-refractivity contribution in [2.75, 3.05) is 13.1 Å². The van der Waals surface area contributed by atoms with Gasteiger partial charge in [-0.2, -0.15) is 0 Å². The van der Waals surface area contributed by atoms with Gasteiger partial charge < -0.3 is 9.88 Å². The highest BCUT2D eigenvalue weighted by molar-refractivity contribution is 5.93. The summed E-state index contributed by atoms with van der Waals surface area (Å²) < 4.78 is 13.6. The van der Waals surface area contributed by atoms with Crippen LogP contribution in [0.25, 0.3) is 16.5 Å². The number of halogens is 1. The average molecular weight is 348 g/mol. The summed E-state index contributed by atoms with van der Waals surface area (Å²) in [6, 6.07) is 12.9. The van der Waals surface area contributed by atoms with Gasteiger partial charge in [0.05, 0.1) is 6.42 Å². The Morgan fingerprint density at radius 3 is 2.88 bits per heavy atom. The Morgan fingerprint density at radius 1 is 1.23 bits per heavy atom. The number of nitrogens with zero attached hydrogens (tertiary/aromatic N) is 1. The van der Waals surface area contributed by atoms with Gasteiger partial charge in [-0.05, 0) is 42.7 Å². The molecule has 1 aromatic heterocycles. The number of rotatable bonds is 3. The number of aryl methyl sites for hydroxylation is 1. The molecule has 3 aromatic rings. The van der Waals surface area contributed by atoms with Crippen molar-refractivity contribution in [2.45, 2.75) is 19.8 Å². The van der Waals surface area contributed by atoms with Crippen molar-refractivity contribution in [1.82, 2.24) is 9.88 Å². The molecule has 0 aliphatic carbocycles. The van der Waals surface area contributed by atoms with Crippen molar-refractivity contribution in [3.8, 4) is 0 Å². The lowest BCUT2D eigenvalue weighted by Gasteiger charge is -2.26. The van der Waals surface area contributed by atoms with E-state index in [1.165, 1.54) is 17.2 Å². The zero-order valence-corrected chi connectivity index (χ0v) is 14.8. The van der Waals surface area contributed by atoms with E-state index in [9.17, 15) is 9.18 Å². The Labute approximate surface area is 152 Å². The van der Waals surface area contributed by atoms with Gasteiger partial charge in [-0.25, -0.2) is 4.39 Å². The van der Waals surface area contributed by atoms with Crippen LogP contribution in [0.3, 0.4) is 0 Å². The van der Waals surface area contributed by atoms with Crippen molar-refractivity contribution >= 4 is 22.4 Å². The highest BCUT2D eigenvalue weighted by atomic mass is 19.1. The number of hydrogen-bond donors (Lipinski definition) is 1. The third-order valence-electron chi connectivity index (χ3n) is 4.99. The van der Waals surface area contributed by atoms with E-state index >= 15 is 0 Å². The molecule has 3 nitrogen and oxygen atoms in total. The molecule has 0 unspecified atom stereocenters. The standard InChI is InChI=1S/C22H21FN2O/c1-15-3-2-4-16(11-15)12-22(26)25-9-7-17(8-10-25)20-14-24-21-6-5-18(23)13-19(20)21/h2-7,11,13-14,24H,8-10,12H2,1H3. The quantitative estimate of drug-likeness (QED) is 0.745. The van der Waals surface area contributed by atoms with Crippen molar-refractivity contribution in [3.63, 3.8) is 0 Å². The maximum absolute atomic E-state index is 13.6. The summed E-state index contributed by atoms with van der Waals surface area (Å²) in [5, 5.41) is 0.899. The van der Waals surface area contributed by atoms with E-state index in [-0.39, 0.29) is 11.7 Å². The average Bonchev–Trinajstić information content (AvgIpc) is 3.05.